The Hall–Kier alpha value is -0.550. The molecule has 1 aromatic heterocycles. The first-order valence-electron chi connectivity index (χ1n) is 5.89. The van der Waals surface area contributed by atoms with Gasteiger partial charge in [0.05, 0.1) is 9.50 Å². The van der Waals surface area contributed by atoms with Crippen molar-refractivity contribution in [2.75, 3.05) is 0 Å². The molecular formula is C14H14BrClN2S. The summed E-state index contributed by atoms with van der Waals surface area (Å²) in [6.07, 6.45) is 2.57. The molecule has 5 heteroatoms. The maximum Gasteiger partial charge on any atom is 0.115 e. The standard InChI is InChI=1S/C14H14BrClN2S/c1-9(17)8-10-4-2-6-12(16)13(10)19-14-11(15)5-3-7-18-14/h2-7,9H,8,17H2,1H3. The number of rotatable bonds is 4. The fourth-order valence-electron chi connectivity index (χ4n) is 1.72. The fourth-order valence-corrected chi connectivity index (χ4v) is 3.45. The van der Waals surface area contributed by atoms with E-state index in [-0.39, 0.29) is 6.04 Å². The van der Waals surface area contributed by atoms with Crippen LogP contribution in [0.3, 0.4) is 0 Å². The third kappa shape index (κ3) is 3.96. The highest BCUT2D eigenvalue weighted by atomic mass is 79.9. The van der Waals surface area contributed by atoms with Crippen LogP contribution in [0.15, 0.2) is 50.9 Å². The lowest BCUT2D eigenvalue weighted by atomic mass is 10.1. The average Bonchev–Trinajstić information content (AvgIpc) is 2.35. The molecule has 0 fully saturated rings. The first-order valence-corrected chi connectivity index (χ1v) is 7.88. The van der Waals surface area contributed by atoms with Crippen LogP contribution < -0.4 is 5.73 Å². The monoisotopic (exact) mass is 356 g/mol. The van der Waals surface area contributed by atoms with E-state index >= 15 is 0 Å². The van der Waals surface area contributed by atoms with Gasteiger partial charge in [-0.25, -0.2) is 4.98 Å². The average molecular weight is 358 g/mol. The predicted molar refractivity (Wildman–Crippen MR) is 84.9 cm³/mol. The predicted octanol–water partition coefficient (Wildman–Crippen LogP) is 4.54. The molecule has 2 rings (SSSR count). The van der Waals surface area contributed by atoms with Crippen LogP contribution >= 0.6 is 39.3 Å². The van der Waals surface area contributed by atoms with Crippen LogP contribution in [0.4, 0.5) is 0 Å². The maximum absolute atomic E-state index is 6.31. The Balaban J connectivity index is 2.36. The highest BCUT2D eigenvalue weighted by Crippen LogP contribution is 2.38. The minimum absolute atomic E-state index is 0.102. The van der Waals surface area contributed by atoms with E-state index in [9.17, 15) is 0 Å². The van der Waals surface area contributed by atoms with E-state index in [0.29, 0.717) is 0 Å². The molecule has 0 radical (unpaired) electrons. The van der Waals surface area contributed by atoms with Crippen LogP contribution in [-0.4, -0.2) is 11.0 Å². The van der Waals surface area contributed by atoms with Gasteiger partial charge < -0.3 is 5.73 Å². The molecule has 0 aliphatic rings. The lowest BCUT2D eigenvalue weighted by Crippen LogP contribution is -2.18. The van der Waals surface area contributed by atoms with Crippen LogP contribution in [0.1, 0.15) is 12.5 Å². The van der Waals surface area contributed by atoms with E-state index in [1.807, 2.05) is 31.2 Å². The van der Waals surface area contributed by atoms with Crippen LogP contribution in [0.5, 0.6) is 0 Å². The number of hydrogen-bond acceptors (Lipinski definition) is 3. The van der Waals surface area contributed by atoms with Gasteiger partial charge in [0.25, 0.3) is 0 Å². The van der Waals surface area contributed by atoms with Crippen LogP contribution in [0, 0.1) is 0 Å². The van der Waals surface area contributed by atoms with Gasteiger partial charge in [0.2, 0.25) is 0 Å². The molecule has 2 N–H and O–H groups in total. The van der Waals surface area contributed by atoms with Crippen molar-refractivity contribution < 1.29 is 0 Å². The molecule has 0 aliphatic carbocycles. The first kappa shape index (κ1) is 14.9. The third-order valence-corrected chi connectivity index (χ3v) is 5.05. The number of nitrogens with zero attached hydrogens (tertiary/aromatic N) is 1. The Morgan fingerprint density at radius 1 is 1.37 bits per heavy atom. The van der Waals surface area contributed by atoms with E-state index in [0.717, 1.165) is 31.4 Å². The molecule has 19 heavy (non-hydrogen) atoms. The van der Waals surface area contributed by atoms with Crippen molar-refractivity contribution in [3.05, 3.63) is 51.6 Å². The molecule has 0 bridgehead atoms. The molecule has 2 nitrogen and oxygen atoms in total. The highest BCUT2D eigenvalue weighted by Gasteiger charge is 2.12. The summed E-state index contributed by atoms with van der Waals surface area (Å²) in [6.45, 7) is 1.99. The minimum atomic E-state index is 0.102. The van der Waals surface area contributed by atoms with Crippen molar-refractivity contribution in [1.82, 2.24) is 4.98 Å². The Labute approximate surface area is 130 Å². The largest absolute Gasteiger partial charge is 0.328 e. The van der Waals surface area contributed by atoms with Gasteiger partial charge in [-0.05, 0) is 53.0 Å². The molecule has 0 amide bonds. The van der Waals surface area contributed by atoms with Gasteiger partial charge in [0, 0.05) is 17.1 Å². The first-order chi connectivity index (χ1) is 9.08. The number of halogens is 2. The van der Waals surface area contributed by atoms with Gasteiger partial charge >= 0.3 is 0 Å². The summed E-state index contributed by atoms with van der Waals surface area (Å²) in [5, 5.41) is 1.64. The Morgan fingerprint density at radius 2 is 2.16 bits per heavy atom. The molecule has 1 unspecified atom stereocenters. The highest BCUT2D eigenvalue weighted by molar-refractivity contribution is 9.10. The zero-order chi connectivity index (χ0) is 13.8. The van der Waals surface area contributed by atoms with Crippen molar-refractivity contribution in [3.8, 4) is 0 Å². The summed E-state index contributed by atoms with van der Waals surface area (Å²) in [4.78, 5) is 5.39. The Bertz CT molecular complexity index is 575. The van der Waals surface area contributed by atoms with Crippen LogP contribution in [-0.2, 0) is 6.42 Å². The smallest absolute Gasteiger partial charge is 0.115 e. The molecule has 0 saturated carbocycles. The van der Waals surface area contributed by atoms with Gasteiger partial charge in [-0.3, -0.25) is 0 Å². The lowest BCUT2D eigenvalue weighted by molar-refractivity contribution is 0.729. The van der Waals surface area contributed by atoms with Gasteiger partial charge in [-0.1, -0.05) is 35.5 Å². The molecule has 100 valence electrons. The second-order valence-electron chi connectivity index (χ2n) is 4.30. The van der Waals surface area contributed by atoms with E-state index in [4.69, 9.17) is 17.3 Å². The van der Waals surface area contributed by atoms with Crippen molar-refractivity contribution in [2.45, 2.75) is 29.3 Å². The summed E-state index contributed by atoms with van der Waals surface area (Å²) in [5.74, 6) is 0. The van der Waals surface area contributed by atoms with E-state index in [1.165, 1.54) is 0 Å². The minimum Gasteiger partial charge on any atom is -0.328 e. The number of hydrogen-bond donors (Lipinski definition) is 1. The van der Waals surface area contributed by atoms with Gasteiger partial charge in [-0.2, -0.15) is 0 Å². The molecule has 0 saturated heterocycles. The fraction of sp³-hybridized carbons (Fsp3) is 0.214. The lowest BCUT2D eigenvalue weighted by Gasteiger charge is -2.13. The van der Waals surface area contributed by atoms with E-state index in [2.05, 4.69) is 27.0 Å². The van der Waals surface area contributed by atoms with Crippen LogP contribution in [0.25, 0.3) is 0 Å². The van der Waals surface area contributed by atoms with Crippen molar-refractivity contribution in [1.29, 1.82) is 0 Å². The zero-order valence-electron chi connectivity index (χ0n) is 10.4. The number of aromatic nitrogens is 1. The van der Waals surface area contributed by atoms with Gasteiger partial charge in [0.1, 0.15) is 5.03 Å². The molecule has 0 aliphatic heterocycles. The maximum atomic E-state index is 6.31. The Kier molecular flexibility index (Phi) is 5.28. The quantitative estimate of drug-likeness (QED) is 0.873. The third-order valence-electron chi connectivity index (χ3n) is 2.51. The van der Waals surface area contributed by atoms with Crippen molar-refractivity contribution in [2.24, 2.45) is 5.73 Å². The SMILES string of the molecule is CC(N)Cc1cccc(Cl)c1Sc1ncccc1Br. The summed E-state index contributed by atoms with van der Waals surface area (Å²) in [7, 11) is 0. The number of benzene rings is 1. The number of nitrogens with two attached hydrogens (primary N) is 1. The van der Waals surface area contributed by atoms with Gasteiger partial charge in [-0.15, -0.1) is 0 Å². The van der Waals surface area contributed by atoms with E-state index < -0.39 is 0 Å². The molecule has 1 atom stereocenters. The molecule has 1 aromatic carbocycles. The topological polar surface area (TPSA) is 38.9 Å². The molecular weight excluding hydrogens is 344 g/mol. The second kappa shape index (κ2) is 6.75. The zero-order valence-corrected chi connectivity index (χ0v) is 13.6. The molecule has 1 heterocycles. The Morgan fingerprint density at radius 3 is 2.84 bits per heavy atom. The normalized spacial score (nSPS) is 12.4. The van der Waals surface area contributed by atoms with Gasteiger partial charge in [0.15, 0.2) is 0 Å². The summed E-state index contributed by atoms with van der Waals surface area (Å²) < 4.78 is 0.965. The van der Waals surface area contributed by atoms with Crippen LogP contribution in [0.2, 0.25) is 5.02 Å². The molecule has 0 spiro atoms. The van der Waals surface area contributed by atoms with Crippen molar-refractivity contribution >= 4 is 39.3 Å². The second-order valence-corrected chi connectivity index (χ2v) is 6.56. The number of pyridine rings is 1. The molecule has 2 aromatic rings. The summed E-state index contributed by atoms with van der Waals surface area (Å²) in [6, 6.07) is 9.88. The summed E-state index contributed by atoms with van der Waals surface area (Å²) in [5.41, 5.74) is 7.05. The summed E-state index contributed by atoms with van der Waals surface area (Å²) >= 11 is 11.4. The van der Waals surface area contributed by atoms with E-state index in [1.54, 1.807) is 18.0 Å². The van der Waals surface area contributed by atoms with Crippen molar-refractivity contribution in [3.63, 3.8) is 0 Å².